The van der Waals surface area contributed by atoms with Crippen LogP contribution in [0.1, 0.15) is 84.0 Å². The van der Waals surface area contributed by atoms with E-state index in [1.54, 1.807) is 7.11 Å². The predicted molar refractivity (Wildman–Crippen MR) is 112 cm³/mol. The highest BCUT2D eigenvalue weighted by Gasteiger charge is 2.35. The van der Waals surface area contributed by atoms with E-state index in [2.05, 4.69) is 23.8 Å². The Morgan fingerprint density at radius 1 is 1.04 bits per heavy atom. The molecular weight excluding hydrogens is 356 g/mol. The van der Waals surface area contributed by atoms with Gasteiger partial charge in [0.25, 0.3) is 5.79 Å². The molecule has 0 spiro atoms. The topological polar surface area (TPSA) is 76.0 Å². The van der Waals surface area contributed by atoms with Crippen LogP contribution in [0.5, 0.6) is 0 Å². The van der Waals surface area contributed by atoms with E-state index < -0.39 is 11.8 Å². The number of allylic oxidation sites excluding steroid dienone is 2. The third-order valence-corrected chi connectivity index (χ3v) is 6.07. The molecule has 5 heteroatoms. The summed E-state index contributed by atoms with van der Waals surface area (Å²) >= 11 is 0. The van der Waals surface area contributed by atoms with Crippen molar-refractivity contribution in [3.8, 4) is 0 Å². The largest absolute Gasteiger partial charge is 0.465 e. The summed E-state index contributed by atoms with van der Waals surface area (Å²) in [5.74, 6) is -1.44. The maximum atomic E-state index is 11.3. The summed E-state index contributed by atoms with van der Waals surface area (Å²) < 4.78 is 9.86. The lowest BCUT2D eigenvalue weighted by molar-refractivity contribution is -0.209. The van der Waals surface area contributed by atoms with Gasteiger partial charge in [-0.25, -0.2) is 4.79 Å². The van der Waals surface area contributed by atoms with Crippen LogP contribution in [-0.4, -0.2) is 42.8 Å². The van der Waals surface area contributed by atoms with Gasteiger partial charge in [0.05, 0.1) is 7.11 Å². The van der Waals surface area contributed by atoms with E-state index in [9.17, 15) is 15.0 Å². The first-order valence-electron chi connectivity index (χ1n) is 11.1. The first-order chi connectivity index (χ1) is 13.5. The number of methoxy groups -OCH3 is 2. The van der Waals surface area contributed by atoms with Gasteiger partial charge in [-0.15, -0.1) is 0 Å². The normalized spacial score (nSPS) is 22.8. The maximum Gasteiger partial charge on any atom is 0.366 e. The van der Waals surface area contributed by atoms with E-state index in [1.807, 2.05) is 0 Å². The van der Waals surface area contributed by atoms with Crippen LogP contribution in [-0.2, 0) is 14.3 Å². The zero-order chi connectivity index (χ0) is 20.8. The summed E-state index contributed by atoms with van der Waals surface area (Å²) in [6.07, 6.45) is 17.4. The van der Waals surface area contributed by atoms with E-state index in [1.165, 1.54) is 44.9 Å². The zero-order valence-corrected chi connectivity index (χ0v) is 18.2. The highest BCUT2D eigenvalue weighted by atomic mass is 16.6. The molecule has 0 amide bonds. The number of esters is 1. The van der Waals surface area contributed by atoms with Gasteiger partial charge in [-0.3, -0.25) is 0 Å². The van der Waals surface area contributed by atoms with Crippen molar-refractivity contribution < 1.29 is 24.5 Å². The minimum absolute atomic E-state index is 0.0255. The Kier molecular flexibility index (Phi) is 12.7. The highest BCUT2D eigenvalue weighted by Crippen LogP contribution is 2.41. The van der Waals surface area contributed by atoms with Crippen molar-refractivity contribution in [3.63, 3.8) is 0 Å². The monoisotopic (exact) mass is 398 g/mol. The second kappa shape index (κ2) is 14.1. The Morgan fingerprint density at radius 2 is 1.75 bits per heavy atom. The molecule has 5 nitrogen and oxygen atoms in total. The van der Waals surface area contributed by atoms with Crippen LogP contribution in [0.3, 0.4) is 0 Å². The zero-order valence-electron chi connectivity index (χ0n) is 18.2. The molecule has 3 atom stereocenters. The summed E-state index contributed by atoms with van der Waals surface area (Å²) in [5, 5.41) is 19.3. The molecule has 1 saturated carbocycles. The Balaban J connectivity index is 2.38. The van der Waals surface area contributed by atoms with Gasteiger partial charge >= 0.3 is 5.97 Å². The van der Waals surface area contributed by atoms with Crippen LogP contribution in [0.25, 0.3) is 0 Å². The van der Waals surface area contributed by atoms with E-state index in [-0.39, 0.29) is 6.42 Å². The fraction of sp³-hybridized carbons (Fsp3) is 0.870. The fourth-order valence-corrected chi connectivity index (χ4v) is 4.42. The Bertz CT molecular complexity index is 446. The van der Waals surface area contributed by atoms with Gasteiger partial charge in [-0.1, -0.05) is 51.2 Å². The van der Waals surface area contributed by atoms with E-state index in [0.717, 1.165) is 33.0 Å². The molecule has 164 valence electrons. The van der Waals surface area contributed by atoms with Crippen LogP contribution < -0.4 is 0 Å². The molecule has 1 aliphatic carbocycles. The Labute approximate surface area is 171 Å². The predicted octanol–water partition coefficient (Wildman–Crippen LogP) is 4.61. The average molecular weight is 399 g/mol. The van der Waals surface area contributed by atoms with Crippen LogP contribution in [0, 0.1) is 17.8 Å². The molecule has 0 saturated heterocycles. The Morgan fingerprint density at radius 3 is 2.43 bits per heavy atom. The van der Waals surface area contributed by atoms with E-state index in [0.29, 0.717) is 24.2 Å². The quantitative estimate of drug-likeness (QED) is 0.182. The van der Waals surface area contributed by atoms with Crippen LogP contribution >= 0.6 is 0 Å². The molecule has 28 heavy (non-hydrogen) atoms. The second-order valence-corrected chi connectivity index (χ2v) is 8.32. The van der Waals surface area contributed by atoms with E-state index >= 15 is 0 Å². The molecule has 0 heterocycles. The first-order valence-corrected chi connectivity index (χ1v) is 11.1. The smallest absolute Gasteiger partial charge is 0.366 e. The minimum atomic E-state index is -2.35. The van der Waals surface area contributed by atoms with Gasteiger partial charge in [0.1, 0.15) is 0 Å². The van der Waals surface area contributed by atoms with E-state index in [4.69, 9.17) is 4.74 Å². The lowest BCUT2D eigenvalue weighted by Gasteiger charge is -2.22. The highest BCUT2D eigenvalue weighted by molar-refractivity contribution is 5.76. The first kappa shape index (κ1) is 25.1. The minimum Gasteiger partial charge on any atom is -0.465 e. The molecule has 1 aliphatic rings. The average Bonchev–Trinajstić information content (AvgIpc) is 3.05. The van der Waals surface area contributed by atoms with Gasteiger partial charge in [0, 0.05) is 20.1 Å². The number of aliphatic hydroxyl groups is 2. The molecule has 0 aliphatic heterocycles. The molecule has 0 aromatic heterocycles. The summed E-state index contributed by atoms with van der Waals surface area (Å²) in [4.78, 5) is 11.3. The summed E-state index contributed by atoms with van der Waals surface area (Å²) in [6, 6.07) is 0. The molecule has 2 N–H and O–H groups in total. The number of unbranched alkanes of at least 4 members (excludes halogenated alkanes) is 6. The maximum absolute atomic E-state index is 11.3. The van der Waals surface area contributed by atoms with Crippen LogP contribution in [0.4, 0.5) is 0 Å². The molecular formula is C23H42O5. The molecule has 0 bridgehead atoms. The van der Waals surface area contributed by atoms with Gasteiger partial charge in [0.15, 0.2) is 0 Å². The molecule has 0 unspecified atom stereocenters. The van der Waals surface area contributed by atoms with Crippen molar-refractivity contribution in [1.29, 1.82) is 0 Å². The van der Waals surface area contributed by atoms with Gasteiger partial charge in [0.2, 0.25) is 0 Å². The standard InChI is InChI=1S/C23H42O5/c1-4-5-6-7-8-11-14-21-19(15-16-20(21)18-27-2)13-10-9-12-17-23(25,26)22(24)28-3/h11,14,19-21,25-26H,4-10,12-13,15-18H2,1-3H3/t19-,20+,21-/m1/s1. The summed E-state index contributed by atoms with van der Waals surface area (Å²) in [5.41, 5.74) is 0. The number of hydrogen-bond donors (Lipinski definition) is 2. The third kappa shape index (κ3) is 9.06. The number of hydrogen-bond acceptors (Lipinski definition) is 5. The van der Waals surface area contributed by atoms with Crippen molar-refractivity contribution in [2.24, 2.45) is 17.8 Å². The summed E-state index contributed by atoms with van der Waals surface area (Å²) in [7, 11) is 2.95. The lowest BCUT2D eigenvalue weighted by atomic mass is 9.85. The van der Waals surface area contributed by atoms with Crippen molar-refractivity contribution in [3.05, 3.63) is 12.2 Å². The number of carbonyl (C=O) groups excluding carboxylic acids is 1. The SMILES string of the molecule is CCCCCCC=C[C@@H]1[C@H](CCCCCC(O)(O)C(=O)OC)CC[C@H]1COC. The van der Waals surface area contributed by atoms with Crippen LogP contribution in [0.2, 0.25) is 0 Å². The Hall–Kier alpha value is -0.910. The number of ether oxygens (including phenoxy) is 2. The number of rotatable bonds is 15. The lowest BCUT2D eigenvalue weighted by Crippen LogP contribution is -2.39. The van der Waals surface area contributed by atoms with Crippen molar-refractivity contribution in [1.82, 2.24) is 0 Å². The van der Waals surface area contributed by atoms with Crippen molar-refractivity contribution >= 4 is 5.97 Å². The van der Waals surface area contributed by atoms with Gasteiger partial charge in [-0.2, -0.15) is 0 Å². The molecule has 1 rings (SSSR count). The van der Waals surface area contributed by atoms with Gasteiger partial charge in [-0.05, 0) is 56.3 Å². The molecule has 0 aromatic rings. The third-order valence-electron chi connectivity index (χ3n) is 6.07. The van der Waals surface area contributed by atoms with Crippen LogP contribution in [0.15, 0.2) is 12.2 Å². The summed E-state index contributed by atoms with van der Waals surface area (Å²) in [6.45, 7) is 3.07. The molecule has 1 fully saturated rings. The van der Waals surface area contributed by atoms with Crippen molar-refractivity contribution in [2.45, 2.75) is 89.8 Å². The second-order valence-electron chi connectivity index (χ2n) is 8.32. The van der Waals surface area contributed by atoms with Gasteiger partial charge < -0.3 is 19.7 Å². The van der Waals surface area contributed by atoms with Crippen molar-refractivity contribution in [2.75, 3.05) is 20.8 Å². The fourth-order valence-electron chi connectivity index (χ4n) is 4.42. The molecule has 0 aromatic carbocycles. The number of carbonyl (C=O) groups is 1. The molecule has 0 radical (unpaired) electrons.